The molecule has 26 heavy (non-hydrogen) atoms. The normalized spacial score (nSPS) is 15.2. The Bertz CT molecular complexity index is 605. The zero-order valence-corrected chi connectivity index (χ0v) is 16.3. The van der Waals surface area contributed by atoms with Gasteiger partial charge in [0, 0.05) is 38.4 Å². The number of anilines is 1. The van der Waals surface area contributed by atoms with Crippen LogP contribution in [0.3, 0.4) is 0 Å². The highest BCUT2D eigenvalue weighted by Gasteiger charge is 2.20. The van der Waals surface area contributed by atoms with E-state index in [9.17, 15) is 9.18 Å². The fourth-order valence-electron chi connectivity index (χ4n) is 2.78. The molecular formula is C18H28FN5OS. The molecule has 1 heterocycles. The smallest absolute Gasteiger partial charge is 0.238 e. The second kappa shape index (κ2) is 10.4. The van der Waals surface area contributed by atoms with Crippen LogP contribution >= 0.6 is 12.2 Å². The number of hydrogen-bond donors (Lipinski definition) is 2. The van der Waals surface area contributed by atoms with Crippen molar-refractivity contribution in [3.05, 3.63) is 30.1 Å². The molecule has 2 rings (SSSR count). The van der Waals surface area contributed by atoms with Crippen molar-refractivity contribution in [1.82, 2.24) is 20.0 Å². The van der Waals surface area contributed by atoms with Gasteiger partial charge in [-0.15, -0.1) is 0 Å². The SMILES string of the molecule is CN(C)CCCNC(=S)N1CCN(CC(=O)Nc2cccc(F)c2)CC1. The average molecular weight is 382 g/mol. The summed E-state index contributed by atoms with van der Waals surface area (Å²) in [5.74, 6) is -0.489. The van der Waals surface area contributed by atoms with E-state index in [1.807, 2.05) is 0 Å². The van der Waals surface area contributed by atoms with Gasteiger partial charge in [0.15, 0.2) is 5.11 Å². The monoisotopic (exact) mass is 381 g/mol. The minimum atomic E-state index is -0.358. The van der Waals surface area contributed by atoms with Gasteiger partial charge in [0.25, 0.3) is 0 Å². The Morgan fingerprint density at radius 2 is 2.00 bits per heavy atom. The molecule has 0 radical (unpaired) electrons. The zero-order chi connectivity index (χ0) is 18.9. The molecule has 0 aliphatic carbocycles. The van der Waals surface area contributed by atoms with Crippen molar-refractivity contribution in [3.8, 4) is 0 Å². The molecule has 1 fully saturated rings. The summed E-state index contributed by atoms with van der Waals surface area (Å²) >= 11 is 5.45. The molecule has 1 amide bonds. The highest BCUT2D eigenvalue weighted by atomic mass is 32.1. The largest absolute Gasteiger partial charge is 0.363 e. The van der Waals surface area contributed by atoms with Crippen LogP contribution in [0.25, 0.3) is 0 Å². The fraction of sp³-hybridized carbons (Fsp3) is 0.556. The van der Waals surface area contributed by atoms with Crippen molar-refractivity contribution in [2.45, 2.75) is 6.42 Å². The van der Waals surface area contributed by atoms with Crippen LogP contribution in [-0.4, -0.2) is 85.6 Å². The van der Waals surface area contributed by atoms with Crippen LogP contribution < -0.4 is 10.6 Å². The molecule has 0 atom stereocenters. The molecule has 8 heteroatoms. The molecule has 1 aliphatic rings. The molecule has 0 spiro atoms. The van der Waals surface area contributed by atoms with Gasteiger partial charge in [-0.3, -0.25) is 9.69 Å². The molecule has 144 valence electrons. The maximum atomic E-state index is 13.2. The Kier molecular flexibility index (Phi) is 8.21. The Morgan fingerprint density at radius 1 is 1.27 bits per heavy atom. The Labute approximate surface area is 160 Å². The van der Waals surface area contributed by atoms with Crippen molar-refractivity contribution in [3.63, 3.8) is 0 Å². The summed E-state index contributed by atoms with van der Waals surface area (Å²) in [7, 11) is 4.12. The van der Waals surface area contributed by atoms with E-state index in [2.05, 4.69) is 39.4 Å². The van der Waals surface area contributed by atoms with Gasteiger partial charge in [0.1, 0.15) is 5.82 Å². The summed E-state index contributed by atoms with van der Waals surface area (Å²) in [6.07, 6.45) is 1.05. The first-order valence-corrected chi connectivity index (χ1v) is 9.30. The summed E-state index contributed by atoms with van der Waals surface area (Å²) in [5, 5.41) is 6.81. The molecule has 1 aromatic rings. The van der Waals surface area contributed by atoms with E-state index < -0.39 is 0 Å². The number of amides is 1. The molecule has 1 aliphatic heterocycles. The van der Waals surface area contributed by atoms with Crippen LogP contribution in [-0.2, 0) is 4.79 Å². The second-order valence-corrected chi connectivity index (χ2v) is 7.10. The highest BCUT2D eigenvalue weighted by molar-refractivity contribution is 7.80. The van der Waals surface area contributed by atoms with E-state index in [1.54, 1.807) is 12.1 Å². The van der Waals surface area contributed by atoms with Gasteiger partial charge in [-0.1, -0.05) is 6.07 Å². The number of hydrogen-bond acceptors (Lipinski definition) is 4. The van der Waals surface area contributed by atoms with Crippen LogP contribution in [0.4, 0.5) is 10.1 Å². The molecule has 0 bridgehead atoms. The number of thiocarbonyl (C=S) groups is 1. The van der Waals surface area contributed by atoms with Crippen molar-refractivity contribution < 1.29 is 9.18 Å². The van der Waals surface area contributed by atoms with Crippen molar-refractivity contribution in [1.29, 1.82) is 0 Å². The topological polar surface area (TPSA) is 50.9 Å². The third kappa shape index (κ3) is 7.23. The molecule has 0 aromatic heterocycles. The zero-order valence-electron chi connectivity index (χ0n) is 15.5. The van der Waals surface area contributed by atoms with Crippen molar-refractivity contribution in [2.75, 3.05) is 65.2 Å². The van der Waals surface area contributed by atoms with E-state index in [0.29, 0.717) is 12.2 Å². The van der Waals surface area contributed by atoms with Crippen LogP contribution in [0.1, 0.15) is 6.42 Å². The first-order valence-electron chi connectivity index (χ1n) is 8.89. The average Bonchev–Trinajstić information content (AvgIpc) is 2.59. The van der Waals surface area contributed by atoms with Crippen molar-refractivity contribution in [2.24, 2.45) is 0 Å². The first kappa shape index (κ1) is 20.5. The quantitative estimate of drug-likeness (QED) is 0.547. The lowest BCUT2D eigenvalue weighted by Gasteiger charge is -2.35. The van der Waals surface area contributed by atoms with Gasteiger partial charge in [0.05, 0.1) is 6.54 Å². The van der Waals surface area contributed by atoms with Gasteiger partial charge in [-0.25, -0.2) is 4.39 Å². The fourth-order valence-corrected chi connectivity index (χ4v) is 3.07. The molecule has 1 aromatic carbocycles. The summed E-state index contributed by atoms with van der Waals surface area (Å²) in [5.41, 5.74) is 0.483. The second-order valence-electron chi connectivity index (χ2n) is 6.71. The van der Waals surface area contributed by atoms with E-state index >= 15 is 0 Å². The Hall–Kier alpha value is -1.77. The summed E-state index contributed by atoms with van der Waals surface area (Å²) < 4.78 is 13.2. The number of nitrogens with one attached hydrogen (secondary N) is 2. The van der Waals surface area contributed by atoms with Crippen LogP contribution in [0, 0.1) is 5.82 Å². The lowest BCUT2D eigenvalue weighted by atomic mass is 10.3. The molecule has 2 N–H and O–H groups in total. The lowest BCUT2D eigenvalue weighted by Crippen LogP contribution is -2.53. The maximum Gasteiger partial charge on any atom is 0.238 e. The number of halogens is 1. The Balaban J connectivity index is 1.66. The third-order valence-electron chi connectivity index (χ3n) is 4.19. The van der Waals surface area contributed by atoms with Gasteiger partial charge >= 0.3 is 0 Å². The van der Waals surface area contributed by atoms with Crippen LogP contribution in [0.2, 0.25) is 0 Å². The standard InChI is InChI=1S/C18H28FN5OS/c1-22(2)8-4-7-20-18(26)24-11-9-23(10-12-24)14-17(25)21-16-6-3-5-15(19)13-16/h3,5-6,13H,4,7-12,14H2,1-2H3,(H,20,26)(H,21,25). The van der Waals surface area contributed by atoms with Gasteiger partial charge in [-0.2, -0.15) is 0 Å². The lowest BCUT2D eigenvalue weighted by molar-refractivity contribution is -0.117. The first-order chi connectivity index (χ1) is 12.4. The predicted molar refractivity (Wildman–Crippen MR) is 107 cm³/mol. The predicted octanol–water partition coefficient (Wildman–Crippen LogP) is 1.21. The van der Waals surface area contributed by atoms with Crippen molar-refractivity contribution >= 4 is 28.9 Å². The van der Waals surface area contributed by atoms with E-state index in [0.717, 1.165) is 50.8 Å². The highest BCUT2D eigenvalue weighted by Crippen LogP contribution is 2.09. The number of nitrogens with zero attached hydrogens (tertiary/aromatic N) is 3. The maximum absolute atomic E-state index is 13.2. The number of rotatable bonds is 7. The molecule has 0 unspecified atom stereocenters. The molecule has 0 saturated carbocycles. The van der Waals surface area contributed by atoms with Gasteiger partial charge in [-0.05, 0) is 57.5 Å². The Morgan fingerprint density at radius 3 is 2.65 bits per heavy atom. The summed E-state index contributed by atoms with van der Waals surface area (Å²) in [6, 6.07) is 5.93. The number of benzene rings is 1. The van der Waals surface area contributed by atoms with E-state index in [4.69, 9.17) is 12.2 Å². The minimum Gasteiger partial charge on any atom is -0.363 e. The third-order valence-corrected chi connectivity index (χ3v) is 4.60. The minimum absolute atomic E-state index is 0.131. The van der Waals surface area contributed by atoms with Gasteiger partial charge < -0.3 is 20.4 Å². The number of carbonyl (C=O) groups excluding carboxylic acids is 1. The summed E-state index contributed by atoms with van der Waals surface area (Å²) in [6.45, 7) is 5.34. The summed E-state index contributed by atoms with van der Waals surface area (Å²) in [4.78, 5) is 18.5. The van der Waals surface area contributed by atoms with Crippen LogP contribution in [0.15, 0.2) is 24.3 Å². The molecule has 6 nitrogen and oxygen atoms in total. The molecule has 1 saturated heterocycles. The van der Waals surface area contributed by atoms with E-state index in [1.165, 1.54) is 12.1 Å². The van der Waals surface area contributed by atoms with E-state index in [-0.39, 0.29) is 11.7 Å². The number of carbonyl (C=O) groups is 1. The van der Waals surface area contributed by atoms with Gasteiger partial charge in [0.2, 0.25) is 5.91 Å². The molecular weight excluding hydrogens is 353 g/mol. The van der Waals surface area contributed by atoms with Crippen LogP contribution in [0.5, 0.6) is 0 Å². The number of piperazine rings is 1.